The van der Waals surface area contributed by atoms with Gasteiger partial charge in [-0.1, -0.05) is 0 Å². The number of imidazole rings is 1. The van der Waals surface area contributed by atoms with Crippen LogP contribution in [0.2, 0.25) is 5.28 Å². The van der Waals surface area contributed by atoms with E-state index in [-0.39, 0.29) is 18.5 Å². The van der Waals surface area contributed by atoms with Gasteiger partial charge in [-0.15, -0.1) is 0 Å². The van der Waals surface area contributed by atoms with Crippen molar-refractivity contribution in [1.29, 1.82) is 0 Å². The number of carbonyl (C=O) groups excluding carboxylic acids is 1. The zero-order chi connectivity index (χ0) is 20.5. The van der Waals surface area contributed by atoms with E-state index in [1.165, 1.54) is 6.92 Å². The average Bonchev–Trinajstić information content (AvgIpc) is 3.20. The lowest BCUT2D eigenvalue weighted by Gasteiger charge is -2.20. The lowest BCUT2D eigenvalue weighted by atomic mass is 10.2. The predicted octanol–water partition coefficient (Wildman–Crippen LogP) is 1.55. The second-order valence-corrected chi connectivity index (χ2v) is 8.20. The van der Waals surface area contributed by atoms with E-state index in [0.29, 0.717) is 29.7 Å². The third kappa shape index (κ3) is 4.51. The Labute approximate surface area is 165 Å². The lowest BCUT2D eigenvalue weighted by molar-refractivity contribution is -0.154. The van der Waals surface area contributed by atoms with Gasteiger partial charge in [0.15, 0.2) is 5.65 Å². The summed E-state index contributed by atoms with van der Waals surface area (Å²) in [7, 11) is -4.82. The molecular formula is C15H20ClN4O7P. The van der Waals surface area contributed by atoms with Crippen LogP contribution in [0.4, 0.5) is 0 Å². The smallest absolute Gasteiger partial charge is 0.365 e. The molecule has 1 aliphatic heterocycles. The summed E-state index contributed by atoms with van der Waals surface area (Å²) in [5.41, 5.74) is 1.78. The Kier molecular flexibility index (Phi) is 6.33. The van der Waals surface area contributed by atoms with Crippen molar-refractivity contribution in [3.63, 3.8) is 0 Å². The molecule has 2 aromatic rings. The molecule has 11 nitrogen and oxygen atoms in total. The van der Waals surface area contributed by atoms with Crippen molar-refractivity contribution in [2.45, 2.75) is 44.9 Å². The van der Waals surface area contributed by atoms with Crippen molar-refractivity contribution < 1.29 is 33.4 Å². The highest BCUT2D eigenvalue weighted by molar-refractivity contribution is 7.53. The molecule has 2 N–H and O–H groups in total. The number of nitrogens with zero attached hydrogens (tertiary/aromatic N) is 4. The van der Waals surface area contributed by atoms with E-state index >= 15 is 0 Å². The Morgan fingerprint density at radius 3 is 2.89 bits per heavy atom. The fraction of sp³-hybridized carbons (Fsp3) is 0.600. The molecule has 0 aliphatic carbocycles. The number of ether oxygens (including phenoxy) is 3. The van der Waals surface area contributed by atoms with Gasteiger partial charge in [0.1, 0.15) is 11.7 Å². The van der Waals surface area contributed by atoms with E-state index in [1.807, 2.05) is 0 Å². The highest BCUT2D eigenvalue weighted by Crippen LogP contribution is 2.43. The first-order valence-corrected chi connectivity index (χ1v) is 10.6. The molecule has 3 heterocycles. The van der Waals surface area contributed by atoms with Crippen molar-refractivity contribution >= 4 is 36.3 Å². The minimum Gasteiger partial charge on any atom is -0.464 e. The zero-order valence-electron chi connectivity index (χ0n) is 15.2. The Balaban J connectivity index is 1.67. The largest absolute Gasteiger partial charge is 0.464 e. The fourth-order valence-corrected chi connectivity index (χ4v) is 3.80. The molecule has 28 heavy (non-hydrogen) atoms. The molecular weight excluding hydrogens is 415 g/mol. The Morgan fingerprint density at radius 1 is 1.46 bits per heavy atom. The summed E-state index contributed by atoms with van der Waals surface area (Å²) in [6.07, 6.45) is 1.86. The van der Waals surface area contributed by atoms with Gasteiger partial charge in [-0.2, -0.15) is 4.98 Å². The summed E-state index contributed by atoms with van der Waals surface area (Å²) < 4.78 is 28.9. The van der Waals surface area contributed by atoms with Crippen LogP contribution in [0.25, 0.3) is 11.2 Å². The number of esters is 1. The highest BCUT2D eigenvalue weighted by Gasteiger charge is 2.39. The Bertz CT molecular complexity index is 917. The van der Waals surface area contributed by atoms with Crippen LogP contribution in [0.1, 0.15) is 31.7 Å². The first-order valence-electron chi connectivity index (χ1n) is 8.56. The van der Waals surface area contributed by atoms with Crippen molar-refractivity contribution in [3.8, 4) is 0 Å². The van der Waals surface area contributed by atoms with Crippen LogP contribution in [0.15, 0.2) is 6.33 Å². The molecule has 0 aromatic carbocycles. The number of hydrogen-bond acceptors (Lipinski definition) is 8. The van der Waals surface area contributed by atoms with E-state index in [0.717, 1.165) is 0 Å². The van der Waals surface area contributed by atoms with Gasteiger partial charge in [-0.25, -0.2) is 14.8 Å². The highest BCUT2D eigenvalue weighted by atomic mass is 35.5. The predicted molar refractivity (Wildman–Crippen MR) is 96.6 cm³/mol. The molecule has 3 rings (SSSR count). The van der Waals surface area contributed by atoms with Crippen molar-refractivity contribution in [2.75, 3.05) is 13.2 Å². The molecule has 1 saturated heterocycles. The molecule has 1 aliphatic rings. The maximum absolute atomic E-state index is 11.7. The van der Waals surface area contributed by atoms with E-state index in [9.17, 15) is 19.1 Å². The normalized spacial score (nSPS) is 21.2. The van der Waals surface area contributed by atoms with E-state index < -0.39 is 31.7 Å². The lowest BCUT2D eigenvalue weighted by Crippen LogP contribution is -2.30. The topological polar surface area (TPSA) is 146 Å². The summed E-state index contributed by atoms with van der Waals surface area (Å²) in [4.78, 5) is 42.9. The van der Waals surface area contributed by atoms with E-state index in [4.69, 9.17) is 21.1 Å². The van der Waals surface area contributed by atoms with Gasteiger partial charge in [-0.3, -0.25) is 9.13 Å². The fourth-order valence-electron chi connectivity index (χ4n) is 2.96. The first-order chi connectivity index (χ1) is 13.2. The Morgan fingerprint density at radius 2 is 2.21 bits per heavy atom. The molecule has 154 valence electrons. The maximum Gasteiger partial charge on any atom is 0.365 e. The van der Waals surface area contributed by atoms with Crippen LogP contribution in [-0.4, -0.2) is 60.4 Å². The molecule has 0 radical (unpaired) electrons. The van der Waals surface area contributed by atoms with Crippen LogP contribution in [0.3, 0.4) is 0 Å². The molecule has 13 heteroatoms. The summed E-state index contributed by atoms with van der Waals surface area (Å²) >= 11 is 5.93. The number of carbonyl (C=O) groups is 1. The third-order valence-electron chi connectivity index (χ3n) is 4.20. The molecule has 0 spiro atoms. The van der Waals surface area contributed by atoms with Gasteiger partial charge in [0.25, 0.3) is 5.85 Å². The van der Waals surface area contributed by atoms with Crippen LogP contribution in [0, 0.1) is 6.92 Å². The van der Waals surface area contributed by atoms with Gasteiger partial charge in [0, 0.05) is 0 Å². The molecule has 0 saturated carbocycles. The SMILES string of the molecule is CCOC(=O)[C@H](OC[C@@H]1CC[C@H](n2cnc3c(C)nc(Cl)nc32)O1)P(=O)(O)O. The summed E-state index contributed by atoms with van der Waals surface area (Å²) in [5, 5.41) is 0.101. The second-order valence-electron chi connectivity index (χ2n) is 6.22. The molecule has 3 atom stereocenters. The maximum atomic E-state index is 11.7. The van der Waals surface area contributed by atoms with Crippen LogP contribution >= 0.6 is 19.2 Å². The number of fused-ring (bicyclic) bond motifs is 1. The van der Waals surface area contributed by atoms with Gasteiger partial charge in [-0.05, 0) is 38.3 Å². The standard InChI is InChI=1S/C15H20ClN4O7P/c1-3-25-13(21)14(28(22,23)24)26-6-9-4-5-10(27-9)20-7-17-11-8(2)18-15(16)19-12(11)20/h7,9-10,14H,3-6H2,1-2H3,(H2,22,23,24)/t9-,10+,14+/m0/s1. The zero-order valence-corrected chi connectivity index (χ0v) is 16.8. The number of aromatic nitrogens is 4. The average molecular weight is 435 g/mol. The van der Waals surface area contributed by atoms with Crippen LogP contribution in [0.5, 0.6) is 0 Å². The molecule has 1 fully saturated rings. The summed E-state index contributed by atoms with van der Waals surface area (Å²) in [6.45, 7) is 3.12. The molecule has 2 aromatic heterocycles. The summed E-state index contributed by atoms with van der Waals surface area (Å²) in [6, 6.07) is 0. The van der Waals surface area contributed by atoms with E-state index in [2.05, 4.69) is 19.7 Å². The minimum absolute atomic E-state index is 0.0156. The summed E-state index contributed by atoms with van der Waals surface area (Å²) in [5.74, 6) is -3.08. The minimum atomic E-state index is -4.82. The number of aryl methyl sites for hydroxylation is 1. The monoisotopic (exact) mass is 434 g/mol. The van der Waals surface area contributed by atoms with Gasteiger partial charge < -0.3 is 24.0 Å². The van der Waals surface area contributed by atoms with Crippen molar-refractivity contribution in [3.05, 3.63) is 17.3 Å². The second kappa shape index (κ2) is 8.40. The van der Waals surface area contributed by atoms with E-state index in [1.54, 1.807) is 17.8 Å². The van der Waals surface area contributed by atoms with Crippen LogP contribution < -0.4 is 0 Å². The van der Waals surface area contributed by atoms with Crippen LogP contribution in [-0.2, 0) is 23.6 Å². The molecule has 0 unspecified atom stereocenters. The van der Waals surface area contributed by atoms with Gasteiger partial charge in [0.2, 0.25) is 5.28 Å². The van der Waals surface area contributed by atoms with Gasteiger partial charge >= 0.3 is 13.6 Å². The Hall–Kier alpha value is -1.62. The molecule has 0 amide bonds. The first kappa shape index (κ1) is 21.1. The quantitative estimate of drug-likeness (QED) is 0.373. The number of halogens is 1. The van der Waals surface area contributed by atoms with Crippen molar-refractivity contribution in [2.24, 2.45) is 0 Å². The number of rotatable bonds is 7. The number of hydrogen-bond donors (Lipinski definition) is 2. The third-order valence-corrected chi connectivity index (χ3v) is 5.34. The van der Waals surface area contributed by atoms with Crippen molar-refractivity contribution in [1.82, 2.24) is 19.5 Å². The van der Waals surface area contributed by atoms with Gasteiger partial charge in [0.05, 0.1) is 31.3 Å². The molecule has 0 bridgehead atoms.